The van der Waals surface area contributed by atoms with Gasteiger partial charge >= 0.3 is 0 Å². The number of carbonyl (C=O) groups excluding carboxylic acids is 1. The number of anilines is 2. The van der Waals surface area contributed by atoms with Crippen LogP contribution in [0.4, 0.5) is 11.6 Å². The summed E-state index contributed by atoms with van der Waals surface area (Å²) in [5, 5.41) is 17.8. The summed E-state index contributed by atoms with van der Waals surface area (Å²) in [6, 6.07) is 8.95. The van der Waals surface area contributed by atoms with Gasteiger partial charge in [-0.05, 0) is 31.9 Å². The largest absolute Gasteiger partial charge is 0.424 e. The maximum Gasteiger partial charge on any atom is 0.256 e. The zero-order valence-corrected chi connectivity index (χ0v) is 15.6. The minimum absolute atomic E-state index is 0.00380. The van der Waals surface area contributed by atoms with Crippen LogP contribution >= 0.6 is 0 Å². The van der Waals surface area contributed by atoms with Crippen molar-refractivity contribution in [2.24, 2.45) is 10.2 Å². The number of likely N-dealkylation sites (tertiary alicyclic amines) is 1. The molecule has 0 spiro atoms. The molecule has 1 saturated heterocycles. The number of para-hydroxylation sites is 1. The third-order valence-corrected chi connectivity index (χ3v) is 4.89. The number of rotatable bonds is 5. The first-order valence-corrected chi connectivity index (χ1v) is 8.79. The van der Waals surface area contributed by atoms with Gasteiger partial charge in [-0.2, -0.15) is 20.6 Å². The van der Waals surface area contributed by atoms with Crippen LogP contribution in [-0.4, -0.2) is 41.8 Å². The van der Waals surface area contributed by atoms with Crippen molar-refractivity contribution in [3.63, 3.8) is 0 Å². The highest BCUT2D eigenvalue weighted by Crippen LogP contribution is 2.33. The number of nitrogens with two attached hydrogens (primary N) is 1. The third-order valence-electron chi connectivity index (χ3n) is 4.89. The Balaban J connectivity index is 1.90. The highest BCUT2D eigenvalue weighted by atomic mass is 16.4. The predicted molar refractivity (Wildman–Crippen MR) is 106 cm³/mol. The summed E-state index contributed by atoms with van der Waals surface area (Å²) in [6.07, 6.45) is 1.55. The molecule has 2 aromatic rings. The lowest BCUT2D eigenvalue weighted by Gasteiger charge is -2.37. The van der Waals surface area contributed by atoms with Crippen LogP contribution in [-0.2, 0) is 0 Å². The number of nitriles is 1. The van der Waals surface area contributed by atoms with Crippen molar-refractivity contribution in [3.8, 4) is 6.07 Å². The summed E-state index contributed by atoms with van der Waals surface area (Å²) in [5.74, 6) is 0.0892. The molecule has 1 aromatic carbocycles. The van der Waals surface area contributed by atoms with Crippen LogP contribution < -0.4 is 10.9 Å². The molecule has 144 valence electrons. The van der Waals surface area contributed by atoms with Crippen molar-refractivity contribution < 1.29 is 9.21 Å². The second-order valence-corrected chi connectivity index (χ2v) is 6.55. The lowest BCUT2D eigenvalue weighted by atomic mass is 9.92. The van der Waals surface area contributed by atoms with E-state index in [-0.39, 0.29) is 29.4 Å². The van der Waals surface area contributed by atoms with E-state index in [0.717, 1.165) is 12.8 Å². The molecular weight excluding hydrogens is 358 g/mol. The van der Waals surface area contributed by atoms with Crippen LogP contribution in [0.3, 0.4) is 0 Å². The zero-order chi connectivity index (χ0) is 20.3. The number of oxazole rings is 1. The fourth-order valence-corrected chi connectivity index (χ4v) is 3.38. The SMILES string of the molecule is C=NN(N=C)c1ccccc1C(=O)N1CC(c2nc(C#N)c(N)o2)CC[C@H]1C. The number of carbonyl (C=O) groups is 1. The Morgan fingerprint density at radius 2 is 2.11 bits per heavy atom. The van der Waals surface area contributed by atoms with Gasteiger partial charge in [0.15, 0.2) is 0 Å². The number of aromatic nitrogens is 1. The summed E-state index contributed by atoms with van der Waals surface area (Å²) in [4.78, 5) is 19.3. The van der Waals surface area contributed by atoms with Gasteiger partial charge in [-0.1, -0.05) is 12.1 Å². The number of nitrogens with zero attached hydrogens (tertiary/aromatic N) is 6. The molecular formula is C19H21N7O2. The quantitative estimate of drug-likeness (QED) is 0.629. The zero-order valence-electron chi connectivity index (χ0n) is 15.6. The summed E-state index contributed by atoms with van der Waals surface area (Å²) < 4.78 is 5.46. The van der Waals surface area contributed by atoms with Crippen LogP contribution in [0.2, 0.25) is 0 Å². The summed E-state index contributed by atoms with van der Waals surface area (Å²) in [5.41, 5.74) is 6.70. The molecule has 0 bridgehead atoms. The molecule has 0 aliphatic carbocycles. The van der Waals surface area contributed by atoms with Crippen molar-refractivity contribution in [2.45, 2.75) is 31.7 Å². The van der Waals surface area contributed by atoms with E-state index in [9.17, 15) is 4.79 Å². The second kappa shape index (κ2) is 7.92. The molecule has 1 amide bonds. The monoisotopic (exact) mass is 379 g/mol. The van der Waals surface area contributed by atoms with Crippen molar-refractivity contribution >= 4 is 30.9 Å². The van der Waals surface area contributed by atoms with Gasteiger partial charge in [0.2, 0.25) is 17.5 Å². The lowest BCUT2D eigenvalue weighted by Crippen LogP contribution is -2.45. The molecule has 1 unspecified atom stereocenters. The first kappa shape index (κ1) is 19.1. The predicted octanol–water partition coefficient (Wildman–Crippen LogP) is 2.57. The van der Waals surface area contributed by atoms with Gasteiger partial charge in [-0.25, -0.2) is 4.98 Å². The molecule has 2 atom stereocenters. The maximum absolute atomic E-state index is 13.3. The molecule has 0 radical (unpaired) electrons. The molecule has 1 aromatic heterocycles. The van der Waals surface area contributed by atoms with E-state index in [0.29, 0.717) is 23.7 Å². The van der Waals surface area contributed by atoms with E-state index in [1.807, 2.05) is 13.0 Å². The number of amides is 1. The van der Waals surface area contributed by atoms with Gasteiger partial charge in [0.05, 0.1) is 17.2 Å². The van der Waals surface area contributed by atoms with E-state index in [1.165, 1.54) is 5.12 Å². The van der Waals surface area contributed by atoms with E-state index < -0.39 is 0 Å². The van der Waals surface area contributed by atoms with Gasteiger partial charge in [0.25, 0.3) is 5.91 Å². The molecule has 9 nitrogen and oxygen atoms in total. The topological polar surface area (TPSA) is 124 Å². The van der Waals surface area contributed by atoms with Crippen LogP contribution in [0, 0.1) is 11.3 Å². The number of hydrogen-bond donors (Lipinski definition) is 1. The molecule has 2 heterocycles. The third kappa shape index (κ3) is 3.44. The number of benzene rings is 1. The second-order valence-electron chi connectivity index (χ2n) is 6.55. The van der Waals surface area contributed by atoms with E-state index in [4.69, 9.17) is 15.4 Å². The van der Waals surface area contributed by atoms with E-state index in [2.05, 4.69) is 28.6 Å². The highest BCUT2D eigenvalue weighted by molar-refractivity contribution is 6.00. The number of hydrazone groups is 2. The lowest BCUT2D eigenvalue weighted by molar-refractivity contribution is 0.0598. The average Bonchev–Trinajstić information content (AvgIpc) is 3.10. The summed E-state index contributed by atoms with van der Waals surface area (Å²) >= 11 is 0. The molecule has 0 saturated carbocycles. The Morgan fingerprint density at radius 1 is 1.39 bits per heavy atom. The fourth-order valence-electron chi connectivity index (χ4n) is 3.38. The van der Waals surface area contributed by atoms with Gasteiger partial charge in [0.1, 0.15) is 6.07 Å². The highest BCUT2D eigenvalue weighted by Gasteiger charge is 2.34. The van der Waals surface area contributed by atoms with Crippen LogP contribution in [0.25, 0.3) is 0 Å². The standard InChI is InChI=1S/C19H21N7O2/c1-12-8-9-13(18-24-15(10-20)17(21)28-18)11-25(12)19(27)14-6-4-5-7-16(14)26(22-2)23-3/h4-7,12-13H,2-3,8-9,11,21H2,1H3/t12-,13?/m1/s1. The number of nitrogen functional groups attached to an aromatic ring is 1. The van der Waals surface area contributed by atoms with Crippen molar-refractivity contribution in [1.29, 1.82) is 5.26 Å². The van der Waals surface area contributed by atoms with Gasteiger partial charge in [-0.15, -0.1) is 0 Å². The molecule has 1 aliphatic rings. The Hall–Kier alpha value is -3.67. The van der Waals surface area contributed by atoms with Crippen LogP contribution in [0.1, 0.15) is 47.6 Å². The Labute approximate surface area is 162 Å². The van der Waals surface area contributed by atoms with Gasteiger partial charge in [0, 0.05) is 26.0 Å². The van der Waals surface area contributed by atoms with Crippen LogP contribution in [0.5, 0.6) is 0 Å². The number of piperidine rings is 1. The van der Waals surface area contributed by atoms with Crippen LogP contribution in [0.15, 0.2) is 38.9 Å². The fraction of sp³-hybridized carbons (Fsp3) is 0.316. The van der Waals surface area contributed by atoms with Crippen molar-refractivity contribution in [3.05, 3.63) is 41.4 Å². The first-order chi connectivity index (χ1) is 13.5. The van der Waals surface area contributed by atoms with Crippen molar-refractivity contribution in [1.82, 2.24) is 9.88 Å². The first-order valence-electron chi connectivity index (χ1n) is 8.79. The normalized spacial score (nSPS) is 18.9. The van der Waals surface area contributed by atoms with Crippen molar-refractivity contribution in [2.75, 3.05) is 17.4 Å². The summed E-state index contributed by atoms with van der Waals surface area (Å²) in [6.45, 7) is 9.33. The van der Waals surface area contributed by atoms with Gasteiger partial charge < -0.3 is 15.1 Å². The molecule has 28 heavy (non-hydrogen) atoms. The van der Waals surface area contributed by atoms with Gasteiger partial charge in [-0.3, -0.25) is 4.79 Å². The van der Waals surface area contributed by atoms with E-state index in [1.54, 1.807) is 29.2 Å². The smallest absolute Gasteiger partial charge is 0.256 e. The Morgan fingerprint density at radius 3 is 2.75 bits per heavy atom. The molecule has 9 heteroatoms. The molecule has 1 fully saturated rings. The minimum Gasteiger partial charge on any atom is -0.424 e. The minimum atomic E-state index is -0.162. The molecule has 3 rings (SSSR count). The molecule has 2 N–H and O–H groups in total. The number of hydrogen-bond acceptors (Lipinski definition) is 8. The Kier molecular flexibility index (Phi) is 5.40. The average molecular weight is 379 g/mol. The Bertz CT molecular complexity index is 938. The maximum atomic E-state index is 13.3. The van der Waals surface area contributed by atoms with E-state index >= 15 is 0 Å². The molecule has 1 aliphatic heterocycles. The summed E-state index contributed by atoms with van der Waals surface area (Å²) in [7, 11) is 0.